The second-order valence-electron chi connectivity index (χ2n) is 5.04. The molecule has 1 aromatic rings. The standard InChI is InChI=1S/C12H20N4OS/c1-7(2)15-12-16-10(13)9(18-12)11(17)14-6-8-4-3-5-8/h7-8H,3-6,13H2,1-2H3,(H,14,17)(H,15,16). The fourth-order valence-electron chi connectivity index (χ4n) is 1.82. The molecule has 0 aromatic carbocycles. The van der Waals surface area contributed by atoms with Crippen LogP contribution in [-0.4, -0.2) is 23.5 Å². The summed E-state index contributed by atoms with van der Waals surface area (Å²) in [6, 6.07) is 0.279. The molecule has 5 nitrogen and oxygen atoms in total. The quantitative estimate of drug-likeness (QED) is 0.763. The van der Waals surface area contributed by atoms with Crippen molar-refractivity contribution < 1.29 is 4.79 Å². The second kappa shape index (κ2) is 5.56. The number of hydrogen-bond donors (Lipinski definition) is 3. The average molecular weight is 268 g/mol. The van der Waals surface area contributed by atoms with Crippen LogP contribution in [0, 0.1) is 5.92 Å². The number of thiazole rings is 1. The van der Waals surface area contributed by atoms with Gasteiger partial charge >= 0.3 is 0 Å². The van der Waals surface area contributed by atoms with Gasteiger partial charge in [-0.15, -0.1) is 0 Å². The van der Waals surface area contributed by atoms with Crippen LogP contribution in [0.15, 0.2) is 0 Å². The van der Waals surface area contributed by atoms with E-state index in [9.17, 15) is 4.79 Å². The van der Waals surface area contributed by atoms with Crippen LogP contribution in [0.3, 0.4) is 0 Å². The van der Waals surface area contributed by atoms with Crippen molar-refractivity contribution in [2.75, 3.05) is 17.6 Å². The summed E-state index contributed by atoms with van der Waals surface area (Å²) in [7, 11) is 0. The Kier molecular flexibility index (Phi) is 4.06. The molecule has 2 rings (SSSR count). The molecule has 6 heteroatoms. The maximum atomic E-state index is 12.0. The van der Waals surface area contributed by atoms with Crippen molar-refractivity contribution >= 4 is 28.2 Å². The Bertz CT molecular complexity index is 426. The van der Waals surface area contributed by atoms with Crippen molar-refractivity contribution in [3.05, 3.63) is 4.88 Å². The molecule has 0 unspecified atom stereocenters. The van der Waals surface area contributed by atoms with Gasteiger partial charge in [0.2, 0.25) is 0 Å². The Morgan fingerprint density at radius 2 is 2.28 bits per heavy atom. The van der Waals surface area contributed by atoms with E-state index in [0.717, 1.165) is 6.54 Å². The highest BCUT2D eigenvalue weighted by molar-refractivity contribution is 7.18. The van der Waals surface area contributed by atoms with Gasteiger partial charge in [-0.05, 0) is 32.6 Å². The molecule has 1 saturated carbocycles. The first kappa shape index (κ1) is 13.1. The molecule has 0 radical (unpaired) electrons. The van der Waals surface area contributed by atoms with Crippen LogP contribution in [0.4, 0.5) is 10.9 Å². The van der Waals surface area contributed by atoms with Gasteiger partial charge in [-0.2, -0.15) is 0 Å². The van der Waals surface area contributed by atoms with Gasteiger partial charge in [0.25, 0.3) is 5.91 Å². The largest absolute Gasteiger partial charge is 0.382 e. The molecule has 0 atom stereocenters. The van der Waals surface area contributed by atoms with Gasteiger partial charge in [0, 0.05) is 12.6 Å². The summed E-state index contributed by atoms with van der Waals surface area (Å²) in [6.07, 6.45) is 3.73. The number of nitrogens with one attached hydrogen (secondary N) is 2. The second-order valence-corrected chi connectivity index (χ2v) is 6.04. The van der Waals surface area contributed by atoms with Crippen molar-refractivity contribution in [3.63, 3.8) is 0 Å². The molecule has 1 aromatic heterocycles. The van der Waals surface area contributed by atoms with Gasteiger partial charge in [0.05, 0.1) is 0 Å². The molecule has 1 heterocycles. The van der Waals surface area contributed by atoms with Gasteiger partial charge in [-0.1, -0.05) is 17.8 Å². The smallest absolute Gasteiger partial charge is 0.265 e. The van der Waals surface area contributed by atoms with Crippen LogP contribution in [0.2, 0.25) is 0 Å². The molecule has 1 aliphatic rings. The number of carbonyl (C=O) groups excluding carboxylic acids is 1. The van der Waals surface area contributed by atoms with Gasteiger partial charge in [0.1, 0.15) is 10.7 Å². The van der Waals surface area contributed by atoms with Gasteiger partial charge in [-0.3, -0.25) is 4.79 Å². The molecule has 0 spiro atoms. The number of nitrogens with two attached hydrogens (primary N) is 1. The highest BCUT2D eigenvalue weighted by Crippen LogP contribution is 2.27. The van der Waals surface area contributed by atoms with Crippen LogP contribution < -0.4 is 16.4 Å². The van der Waals surface area contributed by atoms with Crippen LogP contribution in [0.5, 0.6) is 0 Å². The first-order valence-corrected chi connectivity index (χ1v) is 7.19. The van der Waals surface area contributed by atoms with Gasteiger partial charge < -0.3 is 16.4 Å². The molecule has 100 valence electrons. The zero-order valence-electron chi connectivity index (χ0n) is 10.8. The molecule has 1 amide bonds. The zero-order valence-corrected chi connectivity index (χ0v) is 11.6. The van der Waals surface area contributed by atoms with Gasteiger partial charge in [-0.25, -0.2) is 4.98 Å². The Morgan fingerprint density at radius 3 is 2.83 bits per heavy atom. The predicted octanol–water partition coefficient (Wildman–Crippen LogP) is 2.08. The van der Waals surface area contributed by atoms with Crippen molar-refractivity contribution in [1.82, 2.24) is 10.3 Å². The normalized spacial score (nSPS) is 15.5. The Balaban J connectivity index is 1.93. The third kappa shape index (κ3) is 3.13. The molecule has 1 aliphatic carbocycles. The van der Waals surface area contributed by atoms with E-state index in [1.807, 2.05) is 13.8 Å². The first-order valence-electron chi connectivity index (χ1n) is 6.37. The molecular formula is C12H20N4OS. The molecule has 0 saturated heterocycles. The van der Waals surface area contributed by atoms with Crippen LogP contribution in [0.25, 0.3) is 0 Å². The summed E-state index contributed by atoms with van der Waals surface area (Å²) in [6.45, 7) is 4.80. The van der Waals surface area contributed by atoms with Crippen LogP contribution in [-0.2, 0) is 0 Å². The summed E-state index contributed by atoms with van der Waals surface area (Å²) in [5, 5.41) is 6.79. The lowest BCUT2D eigenvalue weighted by molar-refractivity contribution is 0.0944. The van der Waals surface area contributed by atoms with E-state index in [1.165, 1.54) is 30.6 Å². The highest BCUT2D eigenvalue weighted by Gasteiger charge is 2.21. The third-order valence-corrected chi connectivity index (χ3v) is 4.05. The number of nitrogen functional groups attached to an aromatic ring is 1. The Labute approximate surface area is 111 Å². The van der Waals surface area contributed by atoms with E-state index in [-0.39, 0.29) is 11.9 Å². The number of rotatable bonds is 5. The zero-order chi connectivity index (χ0) is 13.1. The average Bonchev–Trinajstić information content (AvgIpc) is 2.55. The number of anilines is 2. The highest BCUT2D eigenvalue weighted by atomic mass is 32.1. The fourth-order valence-corrected chi connectivity index (χ4v) is 2.76. The topological polar surface area (TPSA) is 80.0 Å². The minimum atomic E-state index is -0.103. The molecule has 0 aliphatic heterocycles. The van der Waals surface area contributed by atoms with Crippen molar-refractivity contribution in [2.45, 2.75) is 39.2 Å². The molecule has 0 bridgehead atoms. The SMILES string of the molecule is CC(C)Nc1nc(N)c(C(=O)NCC2CCC2)s1. The summed E-state index contributed by atoms with van der Waals surface area (Å²) in [5.41, 5.74) is 5.77. The summed E-state index contributed by atoms with van der Waals surface area (Å²) < 4.78 is 0. The van der Waals surface area contributed by atoms with Crippen LogP contribution >= 0.6 is 11.3 Å². The maximum absolute atomic E-state index is 12.0. The van der Waals surface area contributed by atoms with Crippen molar-refractivity contribution in [1.29, 1.82) is 0 Å². The molecule has 1 fully saturated rings. The lowest BCUT2D eigenvalue weighted by Gasteiger charge is -2.25. The first-order chi connectivity index (χ1) is 8.56. The number of hydrogen-bond acceptors (Lipinski definition) is 5. The van der Waals surface area contributed by atoms with E-state index >= 15 is 0 Å². The minimum Gasteiger partial charge on any atom is -0.382 e. The van der Waals surface area contributed by atoms with Gasteiger partial charge in [0.15, 0.2) is 5.13 Å². The molecular weight excluding hydrogens is 248 g/mol. The van der Waals surface area contributed by atoms with Crippen molar-refractivity contribution in [3.8, 4) is 0 Å². The van der Waals surface area contributed by atoms with E-state index in [2.05, 4.69) is 15.6 Å². The minimum absolute atomic E-state index is 0.103. The maximum Gasteiger partial charge on any atom is 0.265 e. The number of carbonyl (C=O) groups is 1. The Hall–Kier alpha value is -1.30. The lowest BCUT2D eigenvalue weighted by atomic mass is 9.85. The number of nitrogens with zero attached hydrogens (tertiary/aromatic N) is 1. The van der Waals surface area contributed by atoms with Crippen LogP contribution in [0.1, 0.15) is 42.8 Å². The molecule has 18 heavy (non-hydrogen) atoms. The van der Waals surface area contributed by atoms with E-state index in [1.54, 1.807) is 0 Å². The predicted molar refractivity (Wildman–Crippen MR) is 75.0 cm³/mol. The molecule has 4 N–H and O–H groups in total. The van der Waals surface area contributed by atoms with E-state index < -0.39 is 0 Å². The number of aromatic nitrogens is 1. The number of amides is 1. The fraction of sp³-hybridized carbons (Fsp3) is 0.667. The summed E-state index contributed by atoms with van der Waals surface area (Å²) in [4.78, 5) is 16.6. The van der Waals surface area contributed by atoms with E-state index in [0.29, 0.717) is 21.7 Å². The summed E-state index contributed by atoms with van der Waals surface area (Å²) in [5.74, 6) is 0.860. The van der Waals surface area contributed by atoms with Crippen molar-refractivity contribution in [2.24, 2.45) is 5.92 Å². The third-order valence-electron chi connectivity index (χ3n) is 3.05. The Morgan fingerprint density at radius 1 is 1.56 bits per heavy atom. The monoisotopic (exact) mass is 268 g/mol. The van der Waals surface area contributed by atoms with E-state index in [4.69, 9.17) is 5.73 Å². The summed E-state index contributed by atoms with van der Waals surface area (Å²) >= 11 is 1.31. The lowest BCUT2D eigenvalue weighted by Crippen LogP contribution is -2.32.